The molecular formula is C15H22BrNO3. The predicted octanol–water partition coefficient (Wildman–Crippen LogP) is 2.60. The summed E-state index contributed by atoms with van der Waals surface area (Å²) in [7, 11) is 0. The normalized spacial score (nSPS) is 21.7. The van der Waals surface area contributed by atoms with E-state index >= 15 is 0 Å². The topological polar surface area (TPSA) is 41.9 Å². The van der Waals surface area contributed by atoms with Gasteiger partial charge in [-0.25, -0.2) is 0 Å². The van der Waals surface area contributed by atoms with E-state index in [1.807, 2.05) is 18.2 Å². The summed E-state index contributed by atoms with van der Waals surface area (Å²) in [4.78, 5) is 2.36. The van der Waals surface area contributed by atoms with Crippen molar-refractivity contribution in [3.63, 3.8) is 0 Å². The quantitative estimate of drug-likeness (QED) is 0.892. The predicted molar refractivity (Wildman–Crippen MR) is 82.1 cm³/mol. The van der Waals surface area contributed by atoms with Gasteiger partial charge in [-0.05, 0) is 25.6 Å². The van der Waals surface area contributed by atoms with E-state index in [0.29, 0.717) is 12.4 Å². The van der Waals surface area contributed by atoms with E-state index in [4.69, 9.17) is 9.47 Å². The third-order valence-corrected chi connectivity index (χ3v) is 4.01. The van der Waals surface area contributed by atoms with Crippen molar-refractivity contribution < 1.29 is 14.6 Å². The van der Waals surface area contributed by atoms with Crippen molar-refractivity contribution in [3.05, 3.63) is 28.2 Å². The molecule has 1 aliphatic heterocycles. The molecule has 0 bridgehead atoms. The minimum absolute atomic E-state index is 0.0875. The molecule has 1 aliphatic rings. The molecule has 2 unspecified atom stereocenters. The van der Waals surface area contributed by atoms with Gasteiger partial charge in [0.15, 0.2) is 0 Å². The van der Waals surface area contributed by atoms with Crippen molar-refractivity contribution in [1.82, 2.24) is 4.90 Å². The van der Waals surface area contributed by atoms with Crippen LogP contribution < -0.4 is 4.74 Å². The Morgan fingerprint density at radius 1 is 1.55 bits per heavy atom. The highest BCUT2D eigenvalue weighted by atomic mass is 79.9. The minimum atomic E-state index is -0.544. The molecule has 0 aliphatic carbocycles. The molecule has 1 aromatic rings. The Morgan fingerprint density at radius 2 is 2.35 bits per heavy atom. The van der Waals surface area contributed by atoms with E-state index in [1.54, 1.807) is 6.92 Å². The van der Waals surface area contributed by atoms with Gasteiger partial charge >= 0.3 is 0 Å². The van der Waals surface area contributed by atoms with Crippen LogP contribution in [-0.2, 0) is 4.74 Å². The number of likely N-dealkylation sites (N-methyl/N-ethyl adjacent to an activating group) is 1. The van der Waals surface area contributed by atoms with Crippen LogP contribution >= 0.6 is 15.9 Å². The Labute approximate surface area is 128 Å². The molecule has 0 amide bonds. The fourth-order valence-corrected chi connectivity index (χ4v) is 2.67. The summed E-state index contributed by atoms with van der Waals surface area (Å²) < 4.78 is 12.5. The van der Waals surface area contributed by atoms with E-state index < -0.39 is 6.10 Å². The van der Waals surface area contributed by atoms with Gasteiger partial charge in [-0.3, -0.25) is 4.90 Å². The maximum absolute atomic E-state index is 9.78. The first-order valence-electron chi connectivity index (χ1n) is 7.04. The van der Waals surface area contributed by atoms with Crippen molar-refractivity contribution in [3.8, 4) is 5.75 Å². The van der Waals surface area contributed by atoms with Crippen molar-refractivity contribution in [1.29, 1.82) is 0 Å². The van der Waals surface area contributed by atoms with Crippen LogP contribution in [0.25, 0.3) is 0 Å². The molecule has 1 fully saturated rings. The first-order valence-corrected chi connectivity index (χ1v) is 7.83. The number of hydrogen-bond acceptors (Lipinski definition) is 4. The van der Waals surface area contributed by atoms with Crippen LogP contribution in [0.2, 0.25) is 0 Å². The SMILES string of the molecule is CCN1CCOC(COc2cc(Br)ccc2C(C)O)C1. The summed E-state index contributed by atoms with van der Waals surface area (Å²) in [6, 6.07) is 5.68. The van der Waals surface area contributed by atoms with Gasteiger partial charge in [0.2, 0.25) is 0 Å². The number of benzene rings is 1. The largest absolute Gasteiger partial charge is 0.490 e. The van der Waals surface area contributed by atoms with Crippen LogP contribution in [0.5, 0.6) is 5.75 Å². The lowest BCUT2D eigenvalue weighted by atomic mass is 10.1. The average Bonchev–Trinajstić information content (AvgIpc) is 2.45. The molecule has 0 saturated carbocycles. The summed E-state index contributed by atoms with van der Waals surface area (Å²) >= 11 is 3.43. The molecule has 1 aromatic carbocycles. The molecule has 1 saturated heterocycles. The van der Waals surface area contributed by atoms with Crippen LogP contribution in [0.1, 0.15) is 25.5 Å². The zero-order valence-corrected chi connectivity index (χ0v) is 13.6. The third-order valence-electron chi connectivity index (χ3n) is 3.52. The van der Waals surface area contributed by atoms with E-state index in [2.05, 4.69) is 27.8 Å². The van der Waals surface area contributed by atoms with Crippen molar-refractivity contribution >= 4 is 15.9 Å². The molecule has 2 rings (SSSR count). The first-order chi connectivity index (χ1) is 9.60. The smallest absolute Gasteiger partial charge is 0.126 e. The van der Waals surface area contributed by atoms with Crippen molar-refractivity contribution in [2.45, 2.75) is 26.1 Å². The average molecular weight is 344 g/mol. The number of aliphatic hydroxyl groups excluding tert-OH is 1. The second-order valence-corrected chi connectivity index (χ2v) is 5.97. The van der Waals surface area contributed by atoms with Gasteiger partial charge in [0.25, 0.3) is 0 Å². The molecule has 20 heavy (non-hydrogen) atoms. The number of rotatable bonds is 5. The summed E-state index contributed by atoms with van der Waals surface area (Å²) in [5.41, 5.74) is 0.802. The first kappa shape index (κ1) is 15.8. The highest BCUT2D eigenvalue weighted by Gasteiger charge is 2.20. The molecular weight excluding hydrogens is 322 g/mol. The lowest BCUT2D eigenvalue weighted by molar-refractivity contribution is -0.0467. The fraction of sp³-hybridized carbons (Fsp3) is 0.600. The number of aliphatic hydroxyl groups is 1. The van der Waals surface area contributed by atoms with Crippen LogP contribution in [0, 0.1) is 0 Å². The van der Waals surface area contributed by atoms with Crippen molar-refractivity contribution in [2.75, 3.05) is 32.8 Å². The standard InChI is InChI=1S/C15H22BrNO3/c1-3-17-6-7-19-13(9-17)10-20-15-8-12(16)4-5-14(15)11(2)18/h4-5,8,11,13,18H,3,6-7,9-10H2,1-2H3. The zero-order chi connectivity index (χ0) is 14.5. The summed E-state index contributed by atoms with van der Waals surface area (Å²) in [6.45, 7) is 8.08. The monoisotopic (exact) mass is 343 g/mol. The van der Waals surface area contributed by atoms with Crippen LogP contribution in [-0.4, -0.2) is 49.0 Å². The fourth-order valence-electron chi connectivity index (χ4n) is 2.33. The molecule has 0 spiro atoms. The van der Waals surface area contributed by atoms with Crippen LogP contribution in [0.15, 0.2) is 22.7 Å². The van der Waals surface area contributed by atoms with Gasteiger partial charge < -0.3 is 14.6 Å². The lowest BCUT2D eigenvalue weighted by Gasteiger charge is -2.32. The van der Waals surface area contributed by atoms with E-state index in [9.17, 15) is 5.11 Å². The van der Waals surface area contributed by atoms with E-state index in [0.717, 1.165) is 36.3 Å². The highest BCUT2D eigenvalue weighted by molar-refractivity contribution is 9.10. The zero-order valence-electron chi connectivity index (χ0n) is 12.0. The van der Waals surface area contributed by atoms with E-state index in [-0.39, 0.29) is 6.10 Å². The Hall–Kier alpha value is -0.620. The molecule has 2 atom stereocenters. The third kappa shape index (κ3) is 4.19. The number of hydrogen-bond donors (Lipinski definition) is 1. The summed E-state index contributed by atoms with van der Waals surface area (Å²) in [5, 5.41) is 9.78. The molecule has 112 valence electrons. The van der Waals surface area contributed by atoms with Gasteiger partial charge in [-0.15, -0.1) is 0 Å². The second-order valence-electron chi connectivity index (χ2n) is 5.06. The summed E-state index contributed by atoms with van der Waals surface area (Å²) in [6.07, 6.45) is -0.456. The maximum Gasteiger partial charge on any atom is 0.126 e. The molecule has 0 aromatic heterocycles. The second kappa shape index (κ2) is 7.41. The van der Waals surface area contributed by atoms with Crippen molar-refractivity contribution in [2.24, 2.45) is 0 Å². The van der Waals surface area contributed by atoms with Gasteiger partial charge in [-0.1, -0.05) is 28.9 Å². The van der Waals surface area contributed by atoms with Gasteiger partial charge in [0.1, 0.15) is 18.5 Å². The highest BCUT2D eigenvalue weighted by Crippen LogP contribution is 2.28. The van der Waals surface area contributed by atoms with Gasteiger partial charge in [0.05, 0.1) is 12.7 Å². The Kier molecular flexibility index (Phi) is 5.84. The minimum Gasteiger partial charge on any atom is -0.490 e. The summed E-state index contributed by atoms with van der Waals surface area (Å²) in [5.74, 6) is 0.714. The van der Waals surface area contributed by atoms with Gasteiger partial charge in [-0.2, -0.15) is 0 Å². The Balaban J connectivity index is 1.98. The number of ether oxygens (including phenoxy) is 2. The number of halogens is 1. The molecule has 5 heteroatoms. The number of morpholine rings is 1. The Bertz CT molecular complexity index is 439. The van der Waals surface area contributed by atoms with E-state index in [1.165, 1.54) is 0 Å². The molecule has 4 nitrogen and oxygen atoms in total. The Morgan fingerprint density at radius 3 is 3.05 bits per heavy atom. The molecule has 1 heterocycles. The molecule has 1 N–H and O–H groups in total. The van der Waals surface area contributed by atoms with Crippen LogP contribution in [0.4, 0.5) is 0 Å². The molecule has 0 radical (unpaired) electrons. The number of nitrogens with zero attached hydrogens (tertiary/aromatic N) is 1. The lowest BCUT2D eigenvalue weighted by Crippen LogP contribution is -2.44. The van der Waals surface area contributed by atoms with Crippen LogP contribution in [0.3, 0.4) is 0 Å². The maximum atomic E-state index is 9.78. The van der Waals surface area contributed by atoms with Gasteiger partial charge in [0, 0.05) is 23.1 Å².